The van der Waals surface area contributed by atoms with Crippen molar-refractivity contribution in [3.63, 3.8) is 0 Å². The molecule has 5 nitrogen and oxygen atoms in total. The fraction of sp³-hybridized carbons (Fsp3) is 0.478. The maximum atomic E-state index is 12.4. The van der Waals surface area contributed by atoms with Crippen LogP contribution >= 0.6 is 0 Å². The minimum Gasteiger partial charge on any atom is -0.358 e. The molecule has 0 aliphatic heterocycles. The Kier molecular flexibility index (Phi) is 5.25. The summed E-state index contributed by atoms with van der Waals surface area (Å²) in [6, 6.07) is 6.55. The van der Waals surface area contributed by atoms with Crippen LogP contribution in [0.5, 0.6) is 0 Å². The van der Waals surface area contributed by atoms with E-state index in [0.29, 0.717) is 13.0 Å². The average molecular weight is 379 g/mol. The van der Waals surface area contributed by atoms with Crippen molar-refractivity contribution in [1.82, 2.24) is 20.1 Å². The Morgan fingerprint density at radius 2 is 2.00 bits per heavy atom. The third-order valence-corrected chi connectivity index (χ3v) is 5.79. The highest BCUT2D eigenvalue weighted by molar-refractivity contribution is 5.88. The lowest BCUT2D eigenvalue weighted by Crippen LogP contribution is -2.23. The number of fused-ring (bicyclic) bond motifs is 3. The maximum Gasteiger partial charge on any atom is 0.220 e. The second kappa shape index (κ2) is 7.82. The van der Waals surface area contributed by atoms with E-state index >= 15 is 0 Å². The van der Waals surface area contributed by atoms with Gasteiger partial charge in [0.25, 0.3) is 0 Å². The summed E-state index contributed by atoms with van der Waals surface area (Å²) in [5, 5.41) is 8.92. The molecule has 1 aliphatic rings. The second-order valence-corrected chi connectivity index (χ2v) is 8.17. The fourth-order valence-corrected chi connectivity index (χ4v) is 4.45. The van der Waals surface area contributed by atoms with Gasteiger partial charge in [-0.05, 0) is 76.1 Å². The molecule has 2 aromatic heterocycles. The fourth-order valence-electron chi connectivity index (χ4n) is 4.45. The lowest BCUT2D eigenvalue weighted by Gasteiger charge is -2.11. The Bertz CT molecular complexity index is 1010. The minimum absolute atomic E-state index is 0.104. The number of carbonyl (C=O) groups excluding carboxylic acids is 1. The first-order valence-corrected chi connectivity index (χ1v) is 10.4. The van der Waals surface area contributed by atoms with Crippen molar-refractivity contribution in [2.45, 2.75) is 72.4 Å². The number of hydrogen-bond acceptors (Lipinski definition) is 2. The molecule has 0 bridgehead atoms. The summed E-state index contributed by atoms with van der Waals surface area (Å²) in [7, 11) is 0. The Morgan fingerprint density at radius 1 is 1.18 bits per heavy atom. The van der Waals surface area contributed by atoms with Gasteiger partial charge in [-0.2, -0.15) is 5.10 Å². The quantitative estimate of drug-likeness (QED) is 0.673. The zero-order valence-electron chi connectivity index (χ0n) is 17.2. The molecule has 0 atom stereocenters. The van der Waals surface area contributed by atoms with E-state index in [9.17, 15) is 4.79 Å². The van der Waals surface area contributed by atoms with Gasteiger partial charge < -0.3 is 10.3 Å². The Balaban J connectivity index is 1.39. The Hall–Kier alpha value is -2.56. The van der Waals surface area contributed by atoms with Gasteiger partial charge >= 0.3 is 0 Å². The molecule has 0 saturated heterocycles. The smallest absolute Gasteiger partial charge is 0.220 e. The van der Waals surface area contributed by atoms with Gasteiger partial charge in [-0.3, -0.25) is 9.48 Å². The van der Waals surface area contributed by atoms with E-state index in [-0.39, 0.29) is 5.91 Å². The number of hydrogen-bond donors (Lipinski definition) is 2. The predicted molar refractivity (Wildman–Crippen MR) is 112 cm³/mol. The lowest BCUT2D eigenvalue weighted by atomic mass is 9.94. The molecule has 0 unspecified atom stereocenters. The molecule has 0 fully saturated rings. The molecule has 0 saturated carbocycles. The van der Waals surface area contributed by atoms with Crippen LogP contribution < -0.4 is 5.32 Å². The van der Waals surface area contributed by atoms with Gasteiger partial charge in [0.1, 0.15) is 0 Å². The third-order valence-electron chi connectivity index (χ3n) is 5.79. The summed E-state index contributed by atoms with van der Waals surface area (Å²) >= 11 is 0. The molecule has 0 radical (unpaired) electrons. The van der Waals surface area contributed by atoms with Crippen LogP contribution in [-0.4, -0.2) is 20.7 Å². The van der Waals surface area contributed by atoms with Gasteiger partial charge in [0, 0.05) is 36.3 Å². The van der Waals surface area contributed by atoms with Gasteiger partial charge in [0.05, 0.1) is 11.2 Å². The maximum absolute atomic E-state index is 12.4. The highest BCUT2D eigenvalue weighted by Crippen LogP contribution is 2.31. The molecule has 4 rings (SSSR count). The number of rotatable bonds is 6. The summed E-state index contributed by atoms with van der Waals surface area (Å²) in [6.45, 7) is 7.55. The van der Waals surface area contributed by atoms with E-state index in [4.69, 9.17) is 0 Å². The van der Waals surface area contributed by atoms with Crippen LogP contribution in [0.15, 0.2) is 18.2 Å². The van der Waals surface area contributed by atoms with Crippen LogP contribution in [0.1, 0.15) is 59.5 Å². The number of benzene rings is 1. The number of carbonyl (C=O) groups is 1. The number of aromatic nitrogens is 3. The van der Waals surface area contributed by atoms with Gasteiger partial charge in [-0.1, -0.05) is 11.6 Å². The first kappa shape index (κ1) is 18.8. The SMILES string of the molecule is Cc1cc(CNC(=O)CCCn2nc(C)cc2C)c2[nH]c3c(c2c1)CCCC3. The molecule has 2 N–H and O–H groups in total. The molecule has 148 valence electrons. The summed E-state index contributed by atoms with van der Waals surface area (Å²) in [5.41, 5.74) is 8.71. The van der Waals surface area contributed by atoms with Crippen LogP contribution in [0, 0.1) is 20.8 Å². The Morgan fingerprint density at radius 3 is 2.79 bits per heavy atom. The molecular formula is C23H30N4O. The molecule has 1 aliphatic carbocycles. The molecule has 1 amide bonds. The Labute approximate surface area is 166 Å². The van der Waals surface area contributed by atoms with Crippen molar-refractivity contribution in [2.24, 2.45) is 0 Å². The van der Waals surface area contributed by atoms with Crippen molar-refractivity contribution >= 4 is 16.8 Å². The largest absolute Gasteiger partial charge is 0.358 e. The number of nitrogens with zero attached hydrogens (tertiary/aromatic N) is 2. The normalized spacial score (nSPS) is 13.7. The number of nitrogens with one attached hydrogen (secondary N) is 2. The summed E-state index contributed by atoms with van der Waals surface area (Å²) in [6.07, 6.45) is 6.16. The topological polar surface area (TPSA) is 62.7 Å². The third kappa shape index (κ3) is 3.84. The standard InChI is InChI=1S/C23H30N4O/c1-15-11-18(23-20(12-15)19-7-4-5-8-21(19)25-23)14-24-22(28)9-6-10-27-17(3)13-16(2)26-27/h11-13,25H,4-10,14H2,1-3H3,(H,24,28). The predicted octanol–water partition coefficient (Wildman–Crippen LogP) is 4.27. The van der Waals surface area contributed by atoms with E-state index < -0.39 is 0 Å². The van der Waals surface area contributed by atoms with Gasteiger partial charge in [-0.25, -0.2) is 0 Å². The van der Waals surface area contributed by atoms with Gasteiger partial charge in [0.15, 0.2) is 0 Å². The highest BCUT2D eigenvalue weighted by Gasteiger charge is 2.17. The van der Waals surface area contributed by atoms with E-state index in [1.54, 1.807) is 0 Å². The molecular weight excluding hydrogens is 348 g/mol. The van der Waals surface area contributed by atoms with E-state index in [1.807, 2.05) is 11.6 Å². The van der Waals surface area contributed by atoms with Crippen LogP contribution in [0.4, 0.5) is 0 Å². The van der Waals surface area contributed by atoms with Crippen molar-refractivity contribution in [1.29, 1.82) is 0 Å². The van der Waals surface area contributed by atoms with Crippen molar-refractivity contribution in [3.8, 4) is 0 Å². The number of aromatic amines is 1. The summed E-state index contributed by atoms with van der Waals surface area (Å²) in [4.78, 5) is 16.0. The lowest BCUT2D eigenvalue weighted by molar-refractivity contribution is -0.121. The van der Waals surface area contributed by atoms with Crippen molar-refractivity contribution in [2.75, 3.05) is 0 Å². The van der Waals surface area contributed by atoms with Crippen LogP contribution in [0.2, 0.25) is 0 Å². The second-order valence-electron chi connectivity index (χ2n) is 8.17. The first-order chi connectivity index (χ1) is 13.5. The number of H-pyrrole nitrogens is 1. The first-order valence-electron chi connectivity index (χ1n) is 10.4. The monoisotopic (exact) mass is 378 g/mol. The molecule has 2 heterocycles. The van der Waals surface area contributed by atoms with E-state index in [2.05, 4.69) is 47.4 Å². The highest BCUT2D eigenvalue weighted by atomic mass is 16.1. The van der Waals surface area contributed by atoms with Crippen molar-refractivity contribution < 1.29 is 4.79 Å². The van der Waals surface area contributed by atoms with Crippen molar-refractivity contribution in [3.05, 3.63) is 52.0 Å². The molecule has 1 aromatic carbocycles. The zero-order chi connectivity index (χ0) is 19.7. The van der Waals surface area contributed by atoms with E-state index in [0.717, 1.165) is 37.2 Å². The van der Waals surface area contributed by atoms with Crippen LogP contribution in [-0.2, 0) is 30.7 Å². The van der Waals surface area contributed by atoms with Gasteiger partial charge in [0.2, 0.25) is 5.91 Å². The van der Waals surface area contributed by atoms with Crippen LogP contribution in [0.25, 0.3) is 10.9 Å². The number of aryl methyl sites for hydroxylation is 6. The van der Waals surface area contributed by atoms with E-state index in [1.165, 1.54) is 46.1 Å². The van der Waals surface area contributed by atoms with Gasteiger partial charge in [-0.15, -0.1) is 0 Å². The minimum atomic E-state index is 0.104. The molecule has 5 heteroatoms. The summed E-state index contributed by atoms with van der Waals surface area (Å²) in [5.74, 6) is 0.104. The average Bonchev–Trinajstić information content (AvgIpc) is 3.19. The summed E-state index contributed by atoms with van der Waals surface area (Å²) < 4.78 is 1.98. The molecule has 3 aromatic rings. The number of amides is 1. The molecule has 0 spiro atoms. The van der Waals surface area contributed by atoms with Crippen LogP contribution in [0.3, 0.4) is 0 Å². The zero-order valence-corrected chi connectivity index (χ0v) is 17.2. The molecule has 28 heavy (non-hydrogen) atoms.